The number of imide groups is 1. The van der Waals surface area contributed by atoms with Gasteiger partial charge >= 0.3 is 6.03 Å². The van der Waals surface area contributed by atoms with E-state index in [4.69, 9.17) is 0 Å². The van der Waals surface area contributed by atoms with E-state index in [0.717, 1.165) is 45.3 Å². The molecule has 3 heterocycles. The molecule has 2 N–H and O–H groups in total. The highest BCUT2D eigenvalue weighted by atomic mass is 16.2. The summed E-state index contributed by atoms with van der Waals surface area (Å²) < 4.78 is 0. The summed E-state index contributed by atoms with van der Waals surface area (Å²) in [5.74, 6) is 0.112. The Morgan fingerprint density at radius 1 is 0.970 bits per heavy atom. The Morgan fingerprint density at radius 2 is 1.64 bits per heavy atom. The Bertz CT molecular complexity index is 1170. The van der Waals surface area contributed by atoms with Gasteiger partial charge in [-0.05, 0) is 80.3 Å². The van der Waals surface area contributed by atoms with Gasteiger partial charge in [0.05, 0.1) is 0 Å². The second-order valence-electron chi connectivity index (χ2n) is 10.1. The van der Waals surface area contributed by atoms with E-state index in [0.29, 0.717) is 0 Å². The van der Waals surface area contributed by atoms with Crippen molar-refractivity contribution in [1.29, 1.82) is 0 Å². The van der Waals surface area contributed by atoms with Crippen molar-refractivity contribution in [2.45, 2.75) is 50.7 Å². The van der Waals surface area contributed by atoms with Crippen molar-refractivity contribution < 1.29 is 9.59 Å². The van der Waals surface area contributed by atoms with E-state index in [9.17, 15) is 9.59 Å². The zero-order chi connectivity index (χ0) is 22.6. The van der Waals surface area contributed by atoms with Gasteiger partial charge in [-0.15, -0.1) is 0 Å². The van der Waals surface area contributed by atoms with E-state index in [-0.39, 0.29) is 23.9 Å². The van der Waals surface area contributed by atoms with Crippen molar-refractivity contribution >= 4 is 22.8 Å². The van der Waals surface area contributed by atoms with E-state index in [1.165, 1.54) is 32.6 Å². The van der Waals surface area contributed by atoms with Gasteiger partial charge in [0, 0.05) is 23.8 Å². The maximum atomic E-state index is 13.6. The van der Waals surface area contributed by atoms with Gasteiger partial charge in [-0.3, -0.25) is 14.6 Å². The van der Waals surface area contributed by atoms with Gasteiger partial charge in [0.2, 0.25) is 0 Å². The van der Waals surface area contributed by atoms with Gasteiger partial charge < -0.3 is 10.3 Å². The molecule has 3 amide bonds. The van der Waals surface area contributed by atoms with E-state index in [1.807, 2.05) is 19.1 Å². The number of aromatic nitrogens is 1. The van der Waals surface area contributed by atoms with Crippen molar-refractivity contribution in [2.24, 2.45) is 5.92 Å². The fourth-order valence-electron chi connectivity index (χ4n) is 6.13. The number of nitrogens with zero attached hydrogens (tertiary/aromatic N) is 2. The summed E-state index contributed by atoms with van der Waals surface area (Å²) in [5.41, 5.74) is 4.09. The van der Waals surface area contributed by atoms with Crippen molar-refractivity contribution in [3.63, 3.8) is 0 Å². The lowest BCUT2D eigenvalue weighted by atomic mass is 9.78. The van der Waals surface area contributed by atoms with Crippen LogP contribution in [0.1, 0.15) is 36.6 Å². The van der Waals surface area contributed by atoms with Crippen molar-refractivity contribution in [1.82, 2.24) is 20.1 Å². The van der Waals surface area contributed by atoms with Gasteiger partial charge in [0.25, 0.3) is 5.91 Å². The minimum Gasteiger partial charge on any atom is -0.357 e. The molecule has 2 aromatic carbocycles. The molecule has 0 radical (unpaired) electrons. The molecule has 1 aliphatic carbocycles. The summed E-state index contributed by atoms with van der Waals surface area (Å²) in [7, 11) is 0. The second kappa shape index (κ2) is 7.73. The Labute approximate surface area is 193 Å². The molecule has 2 fully saturated rings. The molecule has 3 aliphatic rings. The van der Waals surface area contributed by atoms with E-state index >= 15 is 0 Å². The number of urea groups is 1. The molecular weight excluding hydrogens is 412 g/mol. The predicted molar refractivity (Wildman–Crippen MR) is 128 cm³/mol. The lowest BCUT2D eigenvalue weighted by Gasteiger charge is -2.39. The highest BCUT2D eigenvalue weighted by molar-refractivity contribution is 6.07. The lowest BCUT2D eigenvalue weighted by molar-refractivity contribution is -0.134. The van der Waals surface area contributed by atoms with Crippen LogP contribution >= 0.6 is 0 Å². The molecule has 33 heavy (non-hydrogen) atoms. The second-order valence-corrected chi connectivity index (χ2v) is 10.1. The number of piperidine rings is 1. The van der Waals surface area contributed by atoms with Crippen LogP contribution in [0.5, 0.6) is 0 Å². The average Bonchev–Trinajstić information content (AvgIpc) is 3.48. The molecule has 0 bridgehead atoms. The number of hydrogen-bond donors (Lipinski definition) is 2. The Balaban J connectivity index is 1.11. The standard InChI is InChI=1S/C27H30N4O2/c1-27(25(32)31(26(33)29-27)23-15-18-6-2-3-7-19(18)16-23)21-10-12-30(13-11-21)17-22-14-20-8-4-5-9-24(20)28-22/h2-9,14,21,23,28H,10-13,15-17H2,1H3,(H,29,33)/t27-/m0/s1. The molecule has 0 spiro atoms. The number of benzene rings is 2. The van der Waals surface area contributed by atoms with Gasteiger partial charge in [-0.25, -0.2) is 4.79 Å². The number of fused-ring (bicyclic) bond motifs is 2. The molecule has 6 nitrogen and oxygen atoms in total. The molecule has 6 heteroatoms. The zero-order valence-electron chi connectivity index (χ0n) is 19.0. The molecular formula is C27H30N4O2. The van der Waals surface area contributed by atoms with Crippen LogP contribution < -0.4 is 5.32 Å². The zero-order valence-corrected chi connectivity index (χ0v) is 19.0. The highest BCUT2D eigenvalue weighted by Crippen LogP contribution is 2.37. The molecule has 3 aromatic rings. The molecule has 2 aliphatic heterocycles. The van der Waals surface area contributed by atoms with Crippen LogP contribution in [-0.4, -0.2) is 51.4 Å². The number of carbonyl (C=O) groups excluding carboxylic acids is 2. The minimum atomic E-state index is -0.806. The smallest absolute Gasteiger partial charge is 0.325 e. The molecule has 170 valence electrons. The quantitative estimate of drug-likeness (QED) is 0.603. The Morgan fingerprint density at radius 3 is 2.33 bits per heavy atom. The molecule has 1 aromatic heterocycles. The number of carbonyl (C=O) groups is 2. The first kappa shape index (κ1) is 20.5. The third-order valence-corrected chi connectivity index (χ3v) is 8.03. The Kier molecular flexibility index (Phi) is 4.80. The predicted octanol–water partition coefficient (Wildman–Crippen LogP) is 3.86. The first-order chi connectivity index (χ1) is 16.0. The van der Waals surface area contributed by atoms with Gasteiger partial charge in [-0.2, -0.15) is 0 Å². The third kappa shape index (κ3) is 3.44. The van der Waals surface area contributed by atoms with E-state index in [1.54, 1.807) is 0 Å². The highest BCUT2D eigenvalue weighted by Gasteiger charge is 2.55. The average molecular weight is 443 g/mol. The van der Waals surface area contributed by atoms with Crippen molar-refractivity contribution in [2.75, 3.05) is 13.1 Å². The maximum Gasteiger partial charge on any atom is 0.325 e. The van der Waals surface area contributed by atoms with Crippen LogP contribution in [0.3, 0.4) is 0 Å². The number of hydrogen-bond acceptors (Lipinski definition) is 3. The van der Waals surface area contributed by atoms with Gasteiger partial charge in [0.15, 0.2) is 0 Å². The summed E-state index contributed by atoms with van der Waals surface area (Å²) in [5, 5.41) is 4.34. The third-order valence-electron chi connectivity index (χ3n) is 8.03. The molecule has 0 saturated carbocycles. The summed E-state index contributed by atoms with van der Waals surface area (Å²) in [6.45, 7) is 4.67. The van der Waals surface area contributed by atoms with Crippen LogP contribution in [0.2, 0.25) is 0 Å². The van der Waals surface area contributed by atoms with Gasteiger partial charge in [-0.1, -0.05) is 42.5 Å². The summed E-state index contributed by atoms with van der Waals surface area (Å²) in [6, 6.07) is 18.6. The van der Waals surface area contributed by atoms with Crippen molar-refractivity contribution in [3.05, 3.63) is 71.4 Å². The maximum absolute atomic E-state index is 13.6. The molecule has 6 rings (SSSR count). The SMILES string of the molecule is C[C@@]1(C2CCN(Cc3cc4ccccc4[nH]3)CC2)NC(=O)N(C2Cc3ccccc3C2)C1=O. The van der Waals surface area contributed by atoms with Crippen molar-refractivity contribution in [3.8, 4) is 0 Å². The van der Waals surface area contributed by atoms with Crippen LogP contribution in [0.25, 0.3) is 10.9 Å². The van der Waals surface area contributed by atoms with E-state index < -0.39 is 5.54 Å². The number of rotatable bonds is 4. The molecule has 0 unspecified atom stereocenters. The fourth-order valence-corrected chi connectivity index (χ4v) is 6.13. The van der Waals surface area contributed by atoms with E-state index in [2.05, 4.69) is 57.7 Å². The molecule has 1 atom stereocenters. The first-order valence-corrected chi connectivity index (χ1v) is 12.0. The van der Waals surface area contributed by atoms with Crippen LogP contribution in [-0.2, 0) is 24.2 Å². The van der Waals surface area contributed by atoms with Crippen LogP contribution in [0.15, 0.2) is 54.6 Å². The fraction of sp³-hybridized carbons (Fsp3) is 0.407. The lowest BCUT2D eigenvalue weighted by Crippen LogP contribution is -2.54. The number of likely N-dealkylation sites (tertiary alicyclic amines) is 1. The number of aromatic amines is 1. The monoisotopic (exact) mass is 442 g/mol. The number of H-pyrrole nitrogens is 1. The largest absolute Gasteiger partial charge is 0.357 e. The number of amides is 3. The Hall–Kier alpha value is -3.12. The molecule has 2 saturated heterocycles. The number of nitrogens with one attached hydrogen (secondary N) is 2. The van der Waals surface area contributed by atoms with Crippen LogP contribution in [0.4, 0.5) is 4.79 Å². The number of para-hydroxylation sites is 1. The van der Waals surface area contributed by atoms with Gasteiger partial charge in [0.1, 0.15) is 5.54 Å². The summed E-state index contributed by atoms with van der Waals surface area (Å²) in [4.78, 5) is 34.0. The summed E-state index contributed by atoms with van der Waals surface area (Å²) in [6.07, 6.45) is 3.33. The normalized spacial score (nSPS) is 24.6. The topological polar surface area (TPSA) is 68.4 Å². The van der Waals surface area contributed by atoms with Crippen LogP contribution in [0, 0.1) is 5.92 Å². The first-order valence-electron chi connectivity index (χ1n) is 12.0. The summed E-state index contributed by atoms with van der Waals surface area (Å²) >= 11 is 0. The minimum absolute atomic E-state index is 0.0422.